The lowest BCUT2D eigenvalue weighted by Gasteiger charge is -1.97. The summed E-state index contributed by atoms with van der Waals surface area (Å²) in [7, 11) is 0. The number of aromatic nitrogens is 1. The van der Waals surface area contributed by atoms with Crippen LogP contribution in [0.1, 0.15) is 17.0 Å². The van der Waals surface area contributed by atoms with E-state index in [0.29, 0.717) is 13.0 Å². The van der Waals surface area contributed by atoms with Crippen molar-refractivity contribution in [1.82, 2.24) is 4.98 Å². The molecule has 0 fully saturated rings. The second kappa shape index (κ2) is 4.40. The van der Waals surface area contributed by atoms with Crippen molar-refractivity contribution in [1.29, 1.82) is 0 Å². The molecule has 0 aliphatic rings. The highest BCUT2D eigenvalue weighted by atomic mass is 32.1. The van der Waals surface area contributed by atoms with Crippen LogP contribution in [-0.2, 0) is 0 Å². The van der Waals surface area contributed by atoms with Crippen LogP contribution < -0.4 is 5.32 Å². The summed E-state index contributed by atoms with van der Waals surface area (Å²) < 4.78 is 11.7. The third-order valence-electron chi connectivity index (χ3n) is 1.62. The van der Waals surface area contributed by atoms with Crippen LogP contribution in [0.25, 0.3) is 0 Å². The predicted molar refractivity (Wildman–Crippen MR) is 50.7 cm³/mol. The van der Waals surface area contributed by atoms with Crippen LogP contribution >= 0.6 is 11.3 Å². The number of anilines is 1. The summed E-state index contributed by atoms with van der Waals surface area (Å²) in [5.41, 5.74) is 1.06. The first-order chi connectivity index (χ1) is 5.74. The van der Waals surface area contributed by atoms with E-state index < -0.39 is 0 Å². The number of thiazole rings is 1. The minimum atomic E-state index is -0.268. The number of rotatable bonds is 4. The largest absolute Gasteiger partial charge is 0.361 e. The number of nitrogens with one attached hydrogen (secondary N) is 1. The molecule has 0 radical (unpaired) electrons. The van der Waals surface area contributed by atoms with Crippen molar-refractivity contribution in [3.8, 4) is 0 Å². The van der Waals surface area contributed by atoms with Gasteiger partial charge in [-0.15, -0.1) is 11.3 Å². The van der Waals surface area contributed by atoms with E-state index in [1.54, 1.807) is 11.3 Å². The van der Waals surface area contributed by atoms with E-state index in [2.05, 4.69) is 10.3 Å². The van der Waals surface area contributed by atoms with Crippen LogP contribution in [0.2, 0.25) is 0 Å². The smallest absolute Gasteiger partial charge is 0.183 e. The fourth-order valence-corrected chi connectivity index (χ4v) is 1.65. The van der Waals surface area contributed by atoms with E-state index in [-0.39, 0.29) is 6.67 Å². The minimum Gasteiger partial charge on any atom is -0.361 e. The first kappa shape index (κ1) is 9.45. The van der Waals surface area contributed by atoms with Crippen LogP contribution in [0.5, 0.6) is 0 Å². The summed E-state index contributed by atoms with van der Waals surface area (Å²) in [6.07, 6.45) is 0.553. The monoisotopic (exact) mass is 188 g/mol. The van der Waals surface area contributed by atoms with E-state index in [0.717, 1.165) is 10.8 Å². The quantitative estimate of drug-likeness (QED) is 0.734. The van der Waals surface area contributed by atoms with Gasteiger partial charge in [0.05, 0.1) is 12.4 Å². The summed E-state index contributed by atoms with van der Waals surface area (Å²) in [5.74, 6) is 0. The molecule has 0 atom stereocenters. The maximum atomic E-state index is 11.7. The first-order valence-corrected chi connectivity index (χ1v) is 4.79. The average Bonchev–Trinajstić information content (AvgIpc) is 2.32. The van der Waals surface area contributed by atoms with Gasteiger partial charge in [0.2, 0.25) is 0 Å². The summed E-state index contributed by atoms with van der Waals surface area (Å²) >= 11 is 1.62. The molecule has 4 heteroatoms. The molecule has 0 aliphatic carbocycles. The van der Waals surface area contributed by atoms with Crippen molar-refractivity contribution < 1.29 is 4.39 Å². The van der Waals surface area contributed by atoms with Gasteiger partial charge in [-0.3, -0.25) is 4.39 Å². The van der Waals surface area contributed by atoms with Gasteiger partial charge in [0, 0.05) is 11.4 Å². The Morgan fingerprint density at radius 3 is 2.75 bits per heavy atom. The molecular weight excluding hydrogens is 175 g/mol. The maximum Gasteiger partial charge on any atom is 0.183 e. The van der Waals surface area contributed by atoms with E-state index in [1.807, 2.05) is 13.8 Å². The predicted octanol–water partition coefficient (Wildman–Crippen LogP) is 2.53. The molecule has 0 aliphatic heterocycles. The van der Waals surface area contributed by atoms with Crippen molar-refractivity contribution in [3.63, 3.8) is 0 Å². The maximum absolute atomic E-state index is 11.7. The fourth-order valence-electron chi connectivity index (χ4n) is 0.810. The Bertz CT molecular complexity index is 228. The highest BCUT2D eigenvalue weighted by molar-refractivity contribution is 7.15. The minimum absolute atomic E-state index is 0.268. The number of halogens is 1. The number of hydrogen-bond acceptors (Lipinski definition) is 3. The van der Waals surface area contributed by atoms with Gasteiger partial charge in [0.1, 0.15) is 0 Å². The Hall–Kier alpha value is -0.640. The fraction of sp³-hybridized carbons (Fsp3) is 0.625. The van der Waals surface area contributed by atoms with Crippen LogP contribution in [0, 0.1) is 13.8 Å². The summed E-state index contributed by atoms with van der Waals surface area (Å²) in [4.78, 5) is 5.49. The zero-order chi connectivity index (χ0) is 8.97. The van der Waals surface area contributed by atoms with Gasteiger partial charge >= 0.3 is 0 Å². The molecule has 1 heterocycles. The van der Waals surface area contributed by atoms with Gasteiger partial charge in [-0.05, 0) is 20.3 Å². The molecule has 0 spiro atoms. The van der Waals surface area contributed by atoms with Crippen LogP contribution in [0.15, 0.2) is 0 Å². The van der Waals surface area contributed by atoms with Gasteiger partial charge in [-0.1, -0.05) is 0 Å². The van der Waals surface area contributed by atoms with Crippen molar-refractivity contribution in [2.75, 3.05) is 18.5 Å². The topological polar surface area (TPSA) is 24.9 Å². The normalized spacial score (nSPS) is 10.2. The molecule has 0 saturated carbocycles. The molecule has 1 N–H and O–H groups in total. The summed E-state index contributed by atoms with van der Waals surface area (Å²) in [6, 6.07) is 0. The SMILES string of the molecule is Cc1nc(NCCCF)sc1C. The molecule has 1 aromatic rings. The molecule has 0 aromatic carbocycles. The van der Waals surface area contributed by atoms with Gasteiger partial charge in [0.25, 0.3) is 0 Å². The highest BCUT2D eigenvalue weighted by Crippen LogP contribution is 2.20. The lowest BCUT2D eigenvalue weighted by molar-refractivity contribution is 0.481. The number of aryl methyl sites for hydroxylation is 2. The number of hydrogen-bond donors (Lipinski definition) is 1. The lowest BCUT2D eigenvalue weighted by Crippen LogP contribution is -2.01. The molecule has 0 unspecified atom stereocenters. The van der Waals surface area contributed by atoms with E-state index in [9.17, 15) is 4.39 Å². The third kappa shape index (κ3) is 2.44. The average molecular weight is 188 g/mol. The Morgan fingerprint density at radius 2 is 2.25 bits per heavy atom. The Morgan fingerprint density at radius 1 is 1.50 bits per heavy atom. The van der Waals surface area contributed by atoms with Crippen molar-refractivity contribution >= 4 is 16.5 Å². The molecular formula is C8H13FN2S. The molecule has 1 aromatic heterocycles. The Labute approximate surface area is 75.8 Å². The third-order valence-corrected chi connectivity index (χ3v) is 2.65. The standard InChI is InChI=1S/C8H13FN2S/c1-6-7(2)12-8(11-6)10-5-3-4-9/h3-5H2,1-2H3,(H,10,11). The number of alkyl halides is 1. The van der Waals surface area contributed by atoms with Crippen molar-refractivity contribution in [2.24, 2.45) is 0 Å². The molecule has 1 rings (SSSR count). The molecule has 68 valence electrons. The molecule has 0 bridgehead atoms. The summed E-state index contributed by atoms with van der Waals surface area (Å²) in [6.45, 7) is 4.42. The highest BCUT2D eigenvalue weighted by Gasteiger charge is 2.01. The lowest BCUT2D eigenvalue weighted by atomic mass is 10.4. The molecule has 12 heavy (non-hydrogen) atoms. The molecule has 2 nitrogen and oxygen atoms in total. The van der Waals surface area contributed by atoms with Gasteiger partial charge in [0.15, 0.2) is 5.13 Å². The van der Waals surface area contributed by atoms with Crippen molar-refractivity contribution in [3.05, 3.63) is 10.6 Å². The zero-order valence-electron chi connectivity index (χ0n) is 7.35. The number of nitrogens with zero attached hydrogens (tertiary/aromatic N) is 1. The van der Waals surface area contributed by atoms with Gasteiger partial charge < -0.3 is 5.32 Å². The van der Waals surface area contributed by atoms with Crippen LogP contribution in [0.3, 0.4) is 0 Å². The first-order valence-electron chi connectivity index (χ1n) is 3.98. The van der Waals surface area contributed by atoms with Gasteiger partial charge in [-0.2, -0.15) is 0 Å². The van der Waals surface area contributed by atoms with Gasteiger partial charge in [-0.25, -0.2) is 4.98 Å². The van der Waals surface area contributed by atoms with Crippen LogP contribution in [-0.4, -0.2) is 18.2 Å². The second-order valence-corrected chi connectivity index (χ2v) is 3.83. The second-order valence-electron chi connectivity index (χ2n) is 2.63. The van der Waals surface area contributed by atoms with E-state index in [1.165, 1.54) is 4.88 Å². The van der Waals surface area contributed by atoms with E-state index >= 15 is 0 Å². The molecule has 0 amide bonds. The Balaban J connectivity index is 2.42. The van der Waals surface area contributed by atoms with E-state index in [4.69, 9.17) is 0 Å². The Kier molecular flexibility index (Phi) is 3.47. The van der Waals surface area contributed by atoms with Crippen molar-refractivity contribution in [2.45, 2.75) is 20.3 Å². The van der Waals surface area contributed by atoms with Crippen LogP contribution in [0.4, 0.5) is 9.52 Å². The zero-order valence-corrected chi connectivity index (χ0v) is 8.17. The molecule has 0 saturated heterocycles. The summed E-state index contributed by atoms with van der Waals surface area (Å²) in [5, 5.41) is 3.98.